The molecule has 0 spiro atoms. The summed E-state index contributed by atoms with van der Waals surface area (Å²) in [6.07, 6.45) is 0. The van der Waals surface area contributed by atoms with Crippen molar-refractivity contribution < 1.29 is 14.3 Å². The molecule has 100 valence electrons. The number of hydrogen-bond acceptors (Lipinski definition) is 5. The Morgan fingerprint density at radius 1 is 1.44 bits per heavy atom. The third-order valence-electron chi connectivity index (χ3n) is 2.25. The predicted octanol–water partition coefficient (Wildman–Crippen LogP) is 2.10. The minimum absolute atomic E-state index is 0.170. The van der Waals surface area contributed by atoms with E-state index in [1.165, 1.54) is 4.90 Å². The van der Waals surface area contributed by atoms with E-state index >= 15 is 0 Å². The van der Waals surface area contributed by atoms with Gasteiger partial charge in [-0.2, -0.15) is 0 Å². The Morgan fingerprint density at radius 2 is 2.06 bits per heavy atom. The topological polar surface area (TPSA) is 72.6 Å². The molecule has 0 saturated heterocycles. The number of thiophene rings is 1. The Labute approximate surface area is 118 Å². The maximum absolute atomic E-state index is 12.0. The number of ether oxygens (including phenoxy) is 1. The number of carbonyl (C=O) groups excluding carboxylic acids is 2. The summed E-state index contributed by atoms with van der Waals surface area (Å²) >= 11 is 4.39. The maximum Gasteiger partial charge on any atom is 0.341 e. The highest BCUT2D eigenvalue weighted by molar-refractivity contribution is 9.08. The molecular formula is C11H15BrN2O3S. The van der Waals surface area contributed by atoms with Gasteiger partial charge in [-0.1, -0.05) is 15.9 Å². The second kappa shape index (κ2) is 6.19. The van der Waals surface area contributed by atoms with Crippen LogP contribution in [0.5, 0.6) is 0 Å². The van der Waals surface area contributed by atoms with Crippen molar-refractivity contribution in [3.05, 3.63) is 16.0 Å². The first-order valence-electron chi connectivity index (χ1n) is 5.29. The van der Waals surface area contributed by atoms with E-state index in [9.17, 15) is 9.59 Å². The molecule has 0 aliphatic carbocycles. The van der Waals surface area contributed by atoms with E-state index in [0.29, 0.717) is 26.3 Å². The number of nitrogens with zero attached hydrogens (tertiary/aromatic N) is 1. The molecule has 0 radical (unpaired) electrons. The third kappa shape index (κ3) is 2.84. The van der Waals surface area contributed by atoms with Crippen molar-refractivity contribution in [2.24, 2.45) is 0 Å². The SMILES string of the molecule is CCOC(=O)c1c(N)sc(C(=O)N(C)C)c1CBr. The Balaban J connectivity index is 3.29. The number of rotatable bonds is 4. The van der Waals surface area contributed by atoms with Gasteiger partial charge in [0.2, 0.25) is 0 Å². The van der Waals surface area contributed by atoms with Crippen molar-refractivity contribution in [1.29, 1.82) is 0 Å². The van der Waals surface area contributed by atoms with E-state index in [0.717, 1.165) is 11.3 Å². The maximum atomic E-state index is 12.0. The number of halogens is 1. The molecule has 1 aromatic rings. The number of nitrogen functional groups attached to an aromatic ring is 1. The number of alkyl halides is 1. The molecule has 7 heteroatoms. The molecule has 1 heterocycles. The molecule has 18 heavy (non-hydrogen) atoms. The van der Waals surface area contributed by atoms with Crippen LogP contribution < -0.4 is 5.73 Å². The fourth-order valence-electron chi connectivity index (χ4n) is 1.42. The van der Waals surface area contributed by atoms with E-state index < -0.39 is 5.97 Å². The van der Waals surface area contributed by atoms with Gasteiger partial charge in [-0.05, 0) is 6.92 Å². The lowest BCUT2D eigenvalue weighted by Gasteiger charge is -2.10. The van der Waals surface area contributed by atoms with Crippen LogP contribution in [0.25, 0.3) is 0 Å². The van der Waals surface area contributed by atoms with Crippen LogP contribution in [-0.2, 0) is 10.1 Å². The Bertz CT molecular complexity index is 471. The molecule has 0 bridgehead atoms. The summed E-state index contributed by atoms with van der Waals surface area (Å²) in [5, 5.41) is 0.692. The van der Waals surface area contributed by atoms with Gasteiger partial charge in [-0.15, -0.1) is 11.3 Å². The van der Waals surface area contributed by atoms with Crippen LogP contribution in [0.2, 0.25) is 0 Å². The van der Waals surface area contributed by atoms with E-state index in [1.54, 1.807) is 21.0 Å². The smallest absolute Gasteiger partial charge is 0.341 e. The zero-order valence-corrected chi connectivity index (χ0v) is 12.9. The predicted molar refractivity (Wildman–Crippen MR) is 75.3 cm³/mol. The standard InChI is InChI=1S/C11H15BrN2O3S/c1-4-17-11(16)7-6(5-12)8(18-9(7)13)10(15)14(2)3/h4-5,13H2,1-3H3. The van der Waals surface area contributed by atoms with Crippen molar-refractivity contribution in [3.8, 4) is 0 Å². The summed E-state index contributed by atoms with van der Waals surface area (Å²) in [5.41, 5.74) is 6.70. The van der Waals surface area contributed by atoms with Crippen LogP contribution in [0.3, 0.4) is 0 Å². The van der Waals surface area contributed by atoms with Gasteiger partial charge in [0, 0.05) is 25.0 Å². The summed E-state index contributed by atoms with van der Waals surface area (Å²) in [6.45, 7) is 1.99. The van der Waals surface area contributed by atoms with Gasteiger partial charge in [-0.3, -0.25) is 4.79 Å². The third-order valence-corrected chi connectivity index (χ3v) is 3.86. The lowest BCUT2D eigenvalue weighted by molar-refractivity contribution is 0.0527. The Hall–Kier alpha value is -1.08. The fraction of sp³-hybridized carbons (Fsp3) is 0.455. The normalized spacial score (nSPS) is 10.2. The van der Waals surface area contributed by atoms with Gasteiger partial charge in [-0.25, -0.2) is 4.79 Å². The van der Waals surface area contributed by atoms with Crippen molar-refractivity contribution >= 4 is 44.1 Å². The van der Waals surface area contributed by atoms with Crippen LogP contribution in [0.4, 0.5) is 5.00 Å². The molecular weight excluding hydrogens is 320 g/mol. The summed E-state index contributed by atoms with van der Waals surface area (Å²) in [7, 11) is 3.31. The molecule has 0 aliphatic rings. The molecule has 1 amide bonds. The zero-order chi connectivity index (χ0) is 13.9. The lowest BCUT2D eigenvalue weighted by atomic mass is 10.1. The van der Waals surface area contributed by atoms with Crippen LogP contribution in [0, 0.1) is 0 Å². The van der Waals surface area contributed by atoms with Gasteiger partial charge in [0.25, 0.3) is 5.91 Å². The summed E-state index contributed by atoms with van der Waals surface area (Å²) in [5.74, 6) is -0.657. The highest BCUT2D eigenvalue weighted by Gasteiger charge is 2.26. The largest absolute Gasteiger partial charge is 0.462 e. The van der Waals surface area contributed by atoms with Gasteiger partial charge < -0.3 is 15.4 Å². The molecule has 0 aromatic carbocycles. The van der Waals surface area contributed by atoms with E-state index in [4.69, 9.17) is 10.5 Å². The van der Waals surface area contributed by atoms with E-state index in [2.05, 4.69) is 15.9 Å². The number of esters is 1. The van der Waals surface area contributed by atoms with Gasteiger partial charge in [0.05, 0.1) is 17.0 Å². The van der Waals surface area contributed by atoms with Crippen molar-refractivity contribution in [2.45, 2.75) is 12.3 Å². The van der Waals surface area contributed by atoms with Crippen molar-refractivity contribution in [3.63, 3.8) is 0 Å². The molecule has 1 aromatic heterocycles. The second-order valence-corrected chi connectivity index (χ2v) is 5.32. The van der Waals surface area contributed by atoms with Gasteiger partial charge in [0.15, 0.2) is 0 Å². The highest BCUT2D eigenvalue weighted by Crippen LogP contribution is 2.33. The first kappa shape index (κ1) is 15.0. The fourth-order valence-corrected chi connectivity index (χ4v) is 3.26. The highest BCUT2D eigenvalue weighted by atomic mass is 79.9. The van der Waals surface area contributed by atoms with E-state index in [1.807, 2.05) is 0 Å². The number of hydrogen-bond donors (Lipinski definition) is 1. The minimum atomic E-state index is -0.487. The second-order valence-electron chi connectivity index (χ2n) is 3.70. The Kier molecular flexibility index (Phi) is 5.15. The first-order valence-corrected chi connectivity index (χ1v) is 7.23. The molecule has 0 atom stereocenters. The molecule has 5 nitrogen and oxygen atoms in total. The average molecular weight is 335 g/mol. The van der Waals surface area contributed by atoms with E-state index in [-0.39, 0.29) is 12.5 Å². The number of carbonyl (C=O) groups is 2. The number of anilines is 1. The molecule has 0 aliphatic heterocycles. The first-order chi connectivity index (χ1) is 8.43. The zero-order valence-electron chi connectivity index (χ0n) is 10.4. The van der Waals surface area contributed by atoms with Crippen LogP contribution in [0.15, 0.2) is 0 Å². The minimum Gasteiger partial charge on any atom is -0.462 e. The average Bonchev–Trinajstić information content (AvgIpc) is 2.65. The molecule has 0 unspecified atom stereocenters. The van der Waals surface area contributed by atoms with Gasteiger partial charge >= 0.3 is 5.97 Å². The molecule has 0 fully saturated rings. The van der Waals surface area contributed by atoms with Crippen molar-refractivity contribution in [2.75, 3.05) is 26.4 Å². The van der Waals surface area contributed by atoms with Crippen LogP contribution in [-0.4, -0.2) is 37.5 Å². The van der Waals surface area contributed by atoms with Crippen molar-refractivity contribution in [1.82, 2.24) is 4.90 Å². The summed E-state index contributed by atoms with van der Waals surface area (Å²) in [6, 6.07) is 0. The van der Waals surface area contributed by atoms with Crippen LogP contribution >= 0.6 is 27.3 Å². The monoisotopic (exact) mass is 334 g/mol. The molecule has 0 saturated carbocycles. The lowest BCUT2D eigenvalue weighted by Crippen LogP contribution is -2.22. The van der Waals surface area contributed by atoms with Crippen LogP contribution in [0.1, 0.15) is 32.5 Å². The van der Waals surface area contributed by atoms with Gasteiger partial charge in [0.1, 0.15) is 5.00 Å². The quantitative estimate of drug-likeness (QED) is 0.676. The number of nitrogens with two attached hydrogens (primary N) is 1. The summed E-state index contributed by atoms with van der Waals surface area (Å²) < 4.78 is 4.95. The summed E-state index contributed by atoms with van der Waals surface area (Å²) in [4.78, 5) is 25.7. The molecule has 2 N–H and O–H groups in total. The molecule has 1 rings (SSSR count). The number of amides is 1. The Morgan fingerprint density at radius 3 is 2.50 bits per heavy atom.